The second-order valence-corrected chi connectivity index (χ2v) is 8.59. The molecule has 2 fully saturated rings. The summed E-state index contributed by atoms with van der Waals surface area (Å²) >= 11 is 12.1. The highest BCUT2D eigenvalue weighted by molar-refractivity contribution is 6.31. The Hall–Kier alpha value is -2.15. The summed E-state index contributed by atoms with van der Waals surface area (Å²) in [7, 11) is 0. The molecule has 1 aliphatic carbocycles. The standard InChI is InChI=1S/C22H20Cl2FNO4/c23-15-6-3-13(4-7-15)20-21(14-5-8-17(25)16(24)9-14)30-18(10-19(27)28)22(29)26(20)11-12-1-2-12/h3-9,12,18,20-21H,1-2,10-11H2,(H,27,28)/t18-,20+,21-/m1/s1. The van der Waals surface area contributed by atoms with E-state index in [1.807, 2.05) is 12.1 Å². The molecule has 30 heavy (non-hydrogen) atoms. The fraction of sp³-hybridized carbons (Fsp3) is 0.364. The number of morpholine rings is 1. The first-order valence-corrected chi connectivity index (χ1v) is 10.5. The normalized spacial score (nSPS) is 24.2. The Morgan fingerprint density at radius 3 is 2.40 bits per heavy atom. The lowest BCUT2D eigenvalue weighted by molar-refractivity contribution is -0.179. The van der Waals surface area contributed by atoms with E-state index in [4.69, 9.17) is 27.9 Å². The van der Waals surface area contributed by atoms with Crippen molar-refractivity contribution >= 4 is 35.1 Å². The number of carbonyl (C=O) groups excluding carboxylic acids is 1. The van der Waals surface area contributed by atoms with Crippen molar-refractivity contribution in [1.82, 2.24) is 4.90 Å². The van der Waals surface area contributed by atoms with Gasteiger partial charge in [-0.3, -0.25) is 9.59 Å². The van der Waals surface area contributed by atoms with E-state index in [9.17, 15) is 19.1 Å². The molecular formula is C22H20Cl2FNO4. The second-order valence-electron chi connectivity index (χ2n) is 7.75. The Bertz CT molecular complexity index is 964. The number of hydrogen-bond donors (Lipinski definition) is 1. The van der Waals surface area contributed by atoms with E-state index in [-0.39, 0.29) is 10.9 Å². The monoisotopic (exact) mass is 451 g/mol. The molecule has 3 atom stereocenters. The van der Waals surface area contributed by atoms with Crippen LogP contribution >= 0.6 is 23.2 Å². The molecular weight excluding hydrogens is 432 g/mol. The number of carboxylic acids is 1. The maximum atomic E-state index is 13.8. The van der Waals surface area contributed by atoms with Gasteiger partial charge in [0.2, 0.25) is 0 Å². The van der Waals surface area contributed by atoms with Gasteiger partial charge in [-0.25, -0.2) is 4.39 Å². The molecule has 1 saturated heterocycles. The first-order valence-electron chi connectivity index (χ1n) is 9.71. The predicted octanol–water partition coefficient (Wildman–Crippen LogP) is 5.03. The topological polar surface area (TPSA) is 66.8 Å². The van der Waals surface area contributed by atoms with Crippen molar-refractivity contribution in [1.29, 1.82) is 0 Å². The Morgan fingerprint density at radius 1 is 1.13 bits per heavy atom. The molecule has 2 aliphatic rings. The Morgan fingerprint density at radius 2 is 1.80 bits per heavy atom. The zero-order valence-corrected chi connectivity index (χ0v) is 17.4. The summed E-state index contributed by atoms with van der Waals surface area (Å²) in [5.74, 6) is -1.66. The zero-order chi connectivity index (χ0) is 21.4. The predicted molar refractivity (Wildman–Crippen MR) is 110 cm³/mol. The molecule has 1 N–H and O–H groups in total. The molecule has 2 aromatic rings. The number of ether oxygens (including phenoxy) is 1. The van der Waals surface area contributed by atoms with E-state index in [1.54, 1.807) is 23.1 Å². The lowest BCUT2D eigenvalue weighted by atomic mass is 9.91. The summed E-state index contributed by atoms with van der Waals surface area (Å²) in [5.41, 5.74) is 1.37. The van der Waals surface area contributed by atoms with Gasteiger partial charge in [0, 0.05) is 11.6 Å². The summed E-state index contributed by atoms with van der Waals surface area (Å²) in [6.07, 6.45) is -0.231. The minimum Gasteiger partial charge on any atom is -0.481 e. The summed E-state index contributed by atoms with van der Waals surface area (Å²) < 4.78 is 19.8. The van der Waals surface area contributed by atoms with E-state index in [2.05, 4.69) is 0 Å². The van der Waals surface area contributed by atoms with Gasteiger partial charge in [-0.15, -0.1) is 0 Å². The number of rotatable bonds is 6. The van der Waals surface area contributed by atoms with Crippen LogP contribution in [0.3, 0.4) is 0 Å². The third-order valence-electron chi connectivity index (χ3n) is 5.49. The molecule has 0 radical (unpaired) electrons. The van der Waals surface area contributed by atoms with Gasteiger partial charge in [-0.05, 0) is 54.2 Å². The van der Waals surface area contributed by atoms with Crippen molar-refractivity contribution in [2.24, 2.45) is 5.92 Å². The molecule has 0 unspecified atom stereocenters. The molecule has 0 aromatic heterocycles. The smallest absolute Gasteiger partial charge is 0.306 e. The van der Waals surface area contributed by atoms with Gasteiger partial charge in [-0.1, -0.05) is 41.4 Å². The van der Waals surface area contributed by atoms with E-state index in [1.165, 1.54) is 12.1 Å². The summed E-state index contributed by atoms with van der Waals surface area (Å²) in [6, 6.07) is 10.8. The molecule has 158 valence electrons. The average Bonchev–Trinajstić information content (AvgIpc) is 3.52. The minimum absolute atomic E-state index is 0.0635. The average molecular weight is 452 g/mol. The second kappa shape index (κ2) is 8.53. The number of nitrogens with zero attached hydrogens (tertiary/aromatic N) is 1. The van der Waals surface area contributed by atoms with Crippen LogP contribution in [0.1, 0.15) is 42.5 Å². The number of benzene rings is 2. The van der Waals surface area contributed by atoms with Crippen molar-refractivity contribution in [3.63, 3.8) is 0 Å². The van der Waals surface area contributed by atoms with Crippen LogP contribution in [0.4, 0.5) is 4.39 Å². The molecule has 1 aliphatic heterocycles. The minimum atomic E-state index is -1.13. The van der Waals surface area contributed by atoms with E-state index in [0.717, 1.165) is 18.4 Å². The lowest BCUT2D eigenvalue weighted by Crippen LogP contribution is -2.52. The van der Waals surface area contributed by atoms with Gasteiger partial charge in [0.25, 0.3) is 5.91 Å². The third-order valence-corrected chi connectivity index (χ3v) is 6.03. The van der Waals surface area contributed by atoms with E-state index in [0.29, 0.717) is 23.0 Å². The molecule has 0 spiro atoms. The third kappa shape index (κ3) is 4.46. The van der Waals surface area contributed by atoms with Crippen LogP contribution in [0.15, 0.2) is 42.5 Å². The van der Waals surface area contributed by atoms with Crippen molar-refractivity contribution in [2.75, 3.05) is 6.54 Å². The van der Waals surface area contributed by atoms with Crippen LogP contribution in [0.25, 0.3) is 0 Å². The van der Waals surface area contributed by atoms with Gasteiger partial charge < -0.3 is 14.7 Å². The number of carboxylic acid groups (broad SMARTS) is 1. The van der Waals surface area contributed by atoms with Crippen molar-refractivity contribution in [2.45, 2.75) is 37.5 Å². The van der Waals surface area contributed by atoms with Crippen LogP contribution in [-0.2, 0) is 14.3 Å². The van der Waals surface area contributed by atoms with Crippen molar-refractivity contribution in [3.8, 4) is 0 Å². The fourth-order valence-corrected chi connectivity index (χ4v) is 4.15. The highest BCUT2D eigenvalue weighted by Gasteiger charge is 2.46. The molecule has 1 amide bonds. The van der Waals surface area contributed by atoms with Crippen molar-refractivity contribution in [3.05, 3.63) is 69.5 Å². The van der Waals surface area contributed by atoms with Crippen molar-refractivity contribution < 1.29 is 23.8 Å². The fourth-order valence-electron chi connectivity index (χ4n) is 3.84. The quantitative estimate of drug-likeness (QED) is 0.668. The van der Waals surface area contributed by atoms with Gasteiger partial charge in [0.15, 0.2) is 0 Å². The maximum absolute atomic E-state index is 13.8. The van der Waals surface area contributed by atoms with Crippen LogP contribution in [-0.4, -0.2) is 34.5 Å². The SMILES string of the molecule is O=C(O)C[C@H]1O[C@H](c2ccc(F)c(Cl)c2)[C@H](c2ccc(Cl)cc2)N(CC2CC2)C1=O. The zero-order valence-electron chi connectivity index (χ0n) is 15.9. The van der Waals surface area contributed by atoms with Gasteiger partial charge >= 0.3 is 5.97 Å². The molecule has 5 nitrogen and oxygen atoms in total. The molecule has 4 rings (SSSR count). The molecule has 2 aromatic carbocycles. The lowest BCUT2D eigenvalue weighted by Gasteiger charge is -2.45. The van der Waals surface area contributed by atoms with Crippen LogP contribution in [0.5, 0.6) is 0 Å². The number of hydrogen-bond acceptors (Lipinski definition) is 3. The summed E-state index contributed by atoms with van der Waals surface area (Å²) in [4.78, 5) is 26.3. The van der Waals surface area contributed by atoms with Crippen LogP contribution in [0.2, 0.25) is 10.0 Å². The first-order chi connectivity index (χ1) is 14.3. The van der Waals surface area contributed by atoms with Gasteiger partial charge in [0.05, 0.1) is 17.5 Å². The maximum Gasteiger partial charge on any atom is 0.306 e. The Kier molecular flexibility index (Phi) is 6.00. The molecule has 1 saturated carbocycles. The first kappa shape index (κ1) is 21.1. The van der Waals surface area contributed by atoms with Gasteiger partial charge in [0.1, 0.15) is 18.0 Å². The highest BCUT2D eigenvalue weighted by atomic mass is 35.5. The number of amides is 1. The summed E-state index contributed by atoms with van der Waals surface area (Å²) in [5, 5.41) is 9.77. The Labute approximate surface area is 183 Å². The largest absolute Gasteiger partial charge is 0.481 e. The Balaban J connectivity index is 1.79. The van der Waals surface area contributed by atoms with Crippen LogP contribution < -0.4 is 0 Å². The molecule has 8 heteroatoms. The van der Waals surface area contributed by atoms with Crippen LogP contribution in [0, 0.1) is 11.7 Å². The number of carbonyl (C=O) groups is 2. The highest BCUT2D eigenvalue weighted by Crippen LogP contribution is 2.45. The van der Waals surface area contributed by atoms with Gasteiger partial charge in [-0.2, -0.15) is 0 Å². The molecule has 1 heterocycles. The number of halogens is 3. The van der Waals surface area contributed by atoms with E-state index < -0.39 is 36.5 Å². The van der Waals surface area contributed by atoms with E-state index >= 15 is 0 Å². The molecule has 0 bridgehead atoms. The summed E-state index contributed by atoms with van der Waals surface area (Å²) in [6.45, 7) is 0.511. The number of aliphatic carboxylic acids is 1.